The molecule has 3 N–H and O–H groups in total. The van der Waals surface area contributed by atoms with Crippen molar-refractivity contribution in [3.63, 3.8) is 0 Å². The lowest BCUT2D eigenvalue weighted by Crippen LogP contribution is -2.35. The molecule has 0 spiro atoms. The minimum atomic E-state index is -0.329. The molecule has 1 aliphatic carbocycles. The first-order valence-corrected chi connectivity index (χ1v) is 3.34. The Labute approximate surface area is 53.7 Å². The fourth-order valence-corrected chi connectivity index (χ4v) is 1.68. The van der Waals surface area contributed by atoms with Gasteiger partial charge >= 0.3 is 0 Å². The van der Waals surface area contributed by atoms with E-state index in [0.29, 0.717) is 0 Å². The number of rotatable bonds is 0. The summed E-state index contributed by atoms with van der Waals surface area (Å²) in [7, 11) is 0. The second-order valence-corrected chi connectivity index (χ2v) is 3.04. The van der Waals surface area contributed by atoms with Gasteiger partial charge in [-0.05, 0) is 6.92 Å². The number of fused-ring (bicyclic) bond motifs is 1. The molecule has 0 aromatic carbocycles. The van der Waals surface area contributed by atoms with Gasteiger partial charge in [-0.2, -0.15) is 0 Å². The van der Waals surface area contributed by atoms with Crippen LogP contribution in [0.3, 0.4) is 0 Å². The van der Waals surface area contributed by atoms with E-state index < -0.39 is 0 Å². The summed E-state index contributed by atoms with van der Waals surface area (Å²) in [5.74, 6) is 0.125. The van der Waals surface area contributed by atoms with Gasteiger partial charge in [0.05, 0.1) is 12.2 Å². The van der Waals surface area contributed by atoms with Crippen molar-refractivity contribution in [1.29, 1.82) is 0 Å². The lowest BCUT2D eigenvalue weighted by Gasteiger charge is -2.12. The summed E-state index contributed by atoms with van der Waals surface area (Å²) in [5, 5.41) is 21.4. The van der Waals surface area contributed by atoms with Gasteiger partial charge in [-0.1, -0.05) is 0 Å². The molecule has 2 rings (SSSR count). The van der Waals surface area contributed by atoms with Crippen LogP contribution in [0.15, 0.2) is 0 Å². The summed E-state index contributed by atoms with van der Waals surface area (Å²) >= 11 is 0. The predicted octanol–water partition coefficient (Wildman–Crippen LogP) is -1.30. The van der Waals surface area contributed by atoms with E-state index in [9.17, 15) is 5.11 Å². The number of piperidine rings is 1. The lowest BCUT2D eigenvalue weighted by molar-refractivity contribution is 0.101. The topological polar surface area (TPSA) is 52.5 Å². The molecule has 1 saturated heterocycles. The molecule has 52 valence electrons. The van der Waals surface area contributed by atoms with Crippen molar-refractivity contribution in [2.75, 3.05) is 0 Å². The molecule has 0 amide bonds. The highest BCUT2D eigenvalue weighted by Crippen LogP contribution is 2.41. The second-order valence-electron chi connectivity index (χ2n) is 3.04. The first-order valence-electron chi connectivity index (χ1n) is 3.34. The van der Waals surface area contributed by atoms with Crippen LogP contribution in [0.4, 0.5) is 0 Å². The van der Waals surface area contributed by atoms with Crippen LogP contribution in [0, 0.1) is 5.92 Å². The minimum Gasteiger partial charge on any atom is -0.391 e. The highest BCUT2D eigenvalue weighted by Gasteiger charge is 2.60. The molecule has 0 aromatic rings. The summed E-state index contributed by atoms with van der Waals surface area (Å²) in [5.41, 5.74) is 0. The van der Waals surface area contributed by atoms with E-state index in [1.807, 2.05) is 6.92 Å². The Hall–Kier alpha value is -0.120. The third-order valence-electron chi connectivity index (χ3n) is 2.40. The van der Waals surface area contributed by atoms with Gasteiger partial charge < -0.3 is 15.5 Å². The van der Waals surface area contributed by atoms with Gasteiger partial charge in [-0.3, -0.25) is 0 Å². The van der Waals surface area contributed by atoms with Gasteiger partial charge in [-0.15, -0.1) is 0 Å². The van der Waals surface area contributed by atoms with E-state index in [4.69, 9.17) is 5.11 Å². The molecule has 2 aliphatic rings. The van der Waals surface area contributed by atoms with Crippen LogP contribution in [0.5, 0.6) is 0 Å². The van der Waals surface area contributed by atoms with Gasteiger partial charge in [0.1, 0.15) is 0 Å². The Morgan fingerprint density at radius 2 is 1.89 bits per heavy atom. The number of hydrogen-bond acceptors (Lipinski definition) is 3. The van der Waals surface area contributed by atoms with Crippen molar-refractivity contribution in [3.8, 4) is 0 Å². The summed E-state index contributed by atoms with van der Waals surface area (Å²) in [6.45, 7) is 1.93. The average molecular weight is 129 g/mol. The zero-order valence-electron chi connectivity index (χ0n) is 5.28. The highest BCUT2D eigenvalue weighted by atomic mass is 16.3. The maximum atomic E-state index is 9.26. The fraction of sp³-hybridized carbons (Fsp3) is 1.00. The van der Waals surface area contributed by atoms with E-state index in [1.54, 1.807) is 0 Å². The molecule has 0 aromatic heterocycles. The van der Waals surface area contributed by atoms with Gasteiger partial charge in [0.15, 0.2) is 0 Å². The smallest absolute Gasteiger partial charge is 0.0767 e. The van der Waals surface area contributed by atoms with Crippen molar-refractivity contribution >= 4 is 0 Å². The van der Waals surface area contributed by atoms with E-state index in [0.717, 1.165) is 0 Å². The van der Waals surface area contributed by atoms with Crippen LogP contribution in [0.25, 0.3) is 0 Å². The molecule has 9 heavy (non-hydrogen) atoms. The SMILES string of the molecule is CC1NC2C(O)C2C1O. The number of aliphatic hydroxyl groups excluding tert-OH is 2. The standard InChI is InChI=1S/C6H11NO2/c1-2-5(8)3-4(7-2)6(3)9/h2-9H,1H3. The molecule has 0 radical (unpaired) electrons. The quantitative estimate of drug-likeness (QED) is 0.381. The first-order chi connectivity index (χ1) is 4.22. The van der Waals surface area contributed by atoms with E-state index >= 15 is 0 Å². The van der Waals surface area contributed by atoms with Crippen molar-refractivity contribution in [2.45, 2.75) is 31.2 Å². The van der Waals surface area contributed by atoms with Crippen molar-refractivity contribution in [1.82, 2.24) is 5.32 Å². The van der Waals surface area contributed by atoms with Gasteiger partial charge in [0, 0.05) is 18.0 Å². The molecule has 3 heteroatoms. The minimum absolute atomic E-state index is 0.125. The Morgan fingerprint density at radius 3 is 2.22 bits per heavy atom. The molecule has 1 aliphatic heterocycles. The van der Waals surface area contributed by atoms with E-state index in [2.05, 4.69) is 5.32 Å². The molecular weight excluding hydrogens is 118 g/mol. The van der Waals surface area contributed by atoms with Gasteiger partial charge in [0.25, 0.3) is 0 Å². The van der Waals surface area contributed by atoms with Crippen LogP contribution < -0.4 is 5.32 Å². The Bertz CT molecular complexity index is 139. The van der Waals surface area contributed by atoms with E-state index in [1.165, 1.54) is 0 Å². The number of hydrogen-bond donors (Lipinski definition) is 3. The summed E-state index contributed by atoms with van der Waals surface area (Å²) in [4.78, 5) is 0. The largest absolute Gasteiger partial charge is 0.391 e. The van der Waals surface area contributed by atoms with Crippen molar-refractivity contribution in [3.05, 3.63) is 0 Å². The normalized spacial score (nSPS) is 63.7. The maximum Gasteiger partial charge on any atom is 0.0767 e. The van der Waals surface area contributed by atoms with Crippen molar-refractivity contribution < 1.29 is 10.2 Å². The predicted molar refractivity (Wildman–Crippen MR) is 31.9 cm³/mol. The van der Waals surface area contributed by atoms with Crippen LogP contribution in [0.2, 0.25) is 0 Å². The molecule has 5 atom stereocenters. The molecule has 1 saturated carbocycles. The zero-order chi connectivity index (χ0) is 6.59. The lowest BCUT2D eigenvalue weighted by atomic mass is 10.1. The first kappa shape index (κ1) is 5.65. The van der Waals surface area contributed by atoms with Crippen LogP contribution in [0.1, 0.15) is 6.92 Å². The monoisotopic (exact) mass is 129 g/mol. The summed E-state index contributed by atoms with van der Waals surface area (Å²) < 4.78 is 0. The third-order valence-corrected chi connectivity index (χ3v) is 2.40. The fourth-order valence-electron chi connectivity index (χ4n) is 1.68. The number of aliphatic hydroxyl groups is 2. The molecule has 0 bridgehead atoms. The van der Waals surface area contributed by atoms with Crippen LogP contribution in [-0.2, 0) is 0 Å². The summed E-state index contributed by atoms with van der Waals surface area (Å²) in [6.07, 6.45) is -0.610. The van der Waals surface area contributed by atoms with E-state index in [-0.39, 0.29) is 30.2 Å². The molecule has 3 nitrogen and oxygen atoms in total. The molecule has 1 heterocycles. The Morgan fingerprint density at radius 1 is 1.22 bits per heavy atom. The van der Waals surface area contributed by atoms with Crippen LogP contribution in [-0.4, -0.2) is 34.5 Å². The van der Waals surface area contributed by atoms with Crippen molar-refractivity contribution in [2.24, 2.45) is 5.92 Å². The maximum absolute atomic E-state index is 9.26. The molecular formula is C6H11NO2. The Balaban J connectivity index is 2.07. The van der Waals surface area contributed by atoms with Gasteiger partial charge in [-0.25, -0.2) is 0 Å². The van der Waals surface area contributed by atoms with Crippen LogP contribution >= 0.6 is 0 Å². The third kappa shape index (κ3) is 0.569. The molecule has 2 fully saturated rings. The second kappa shape index (κ2) is 1.48. The zero-order valence-corrected chi connectivity index (χ0v) is 5.28. The average Bonchev–Trinajstić information content (AvgIpc) is 2.29. The molecule has 5 unspecified atom stereocenters. The number of nitrogens with one attached hydrogen (secondary N) is 1. The Kier molecular flexibility index (Phi) is 0.928. The van der Waals surface area contributed by atoms with Gasteiger partial charge in [0.2, 0.25) is 0 Å². The summed E-state index contributed by atoms with van der Waals surface area (Å²) in [6, 6.07) is 0.360. The highest BCUT2D eigenvalue weighted by molar-refractivity contribution is 5.15.